The number of imidazole rings is 1. The van der Waals surface area contributed by atoms with Gasteiger partial charge >= 0.3 is 5.97 Å². The molecule has 2 atom stereocenters. The third-order valence-electron chi connectivity index (χ3n) is 5.77. The third kappa shape index (κ3) is 3.19. The number of rotatable bonds is 3. The Kier molecular flexibility index (Phi) is 5.27. The van der Waals surface area contributed by atoms with E-state index in [1.54, 1.807) is 6.92 Å². The Hall–Kier alpha value is -1.44. The van der Waals surface area contributed by atoms with Crippen LogP contribution in [0.4, 0.5) is 0 Å². The van der Waals surface area contributed by atoms with Crippen LogP contribution in [0.15, 0.2) is 40.5 Å². The number of benzene rings is 1. The first-order valence-electron chi connectivity index (χ1n) is 9.51. The molecular formula is C20H24N2O3S2. The van der Waals surface area contributed by atoms with Gasteiger partial charge in [-0.25, -0.2) is 9.78 Å². The first kappa shape index (κ1) is 18.9. The smallest absolute Gasteiger partial charge is 0.356 e. The van der Waals surface area contributed by atoms with Gasteiger partial charge in [0, 0.05) is 12.0 Å². The molecule has 1 aliphatic heterocycles. The number of hydrogen-bond donors (Lipinski definition) is 1. The molecule has 1 saturated carbocycles. The molecule has 0 saturated heterocycles. The van der Waals surface area contributed by atoms with Crippen molar-refractivity contribution >= 4 is 29.8 Å². The zero-order chi connectivity index (χ0) is 19.0. The van der Waals surface area contributed by atoms with E-state index in [1.807, 2.05) is 28.8 Å². The molecule has 2 unspecified atom stereocenters. The molecule has 27 heavy (non-hydrogen) atoms. The van der Waals surface area contributed by atoms with Crippen LogP contribution < -0.4 is 0 Å². The molecule has 0 amide bonds. The summed E-state index contributed by atoms with van der Waals surface area (Å²) in [6.07, 6.45) is 7.56. The van der Waals surface area contributed by atoms with Crippen molar-refractivity contribution in [3.63, 3.8) is 0 Å². The maximum atomic E-state index is 13.5. The molecule has 0 radical (unpaired) electrons. The van der Waals surface area contributed by atoms with Gasteiger partial charge in [0.25, 0.3) is 0 Å². The molecule has 1 aromatic heterocycles. The number of thiol groups is 1. The second-order valence-electron chi connectivity index (χ2n) is 7.30. The Morgan fingerprint density at radius 2 is 2.11 bits per heavy atom. The molecule has 1 spiro atoms. The number of carbonyl (C=O) groups is 1. The molecule has 1 aliphatic carbocycles. The van der Waals surface area contributed by atoms with Crippen molar-refractivity contribution in [2.24, 2.45) is 0 Å². The predicted octanol–water partition coefficient (Wildman–Crippen LogP) is 4.15. The van der Waals surface area contributed by atoms with Gasteiger partial charge in [0.05, 0.1) is 18.8 Å². The van der Waals surface area contributed by atoms with Gasteiger partial charge in [-0.1, -0.05) is 24.6 Å². The second kappa shape index (κ2) is 7.53. The summed E-state index contributed by atoms with van der Waals surface area (Å²) in [5, 5.41) is 0.483. The minimum Gasteiger partial charge on any atom is -0.611 e. The number of hydrogen-bond acceptors (Lipinski definition) is 5. The summed E-state index contributed by atoms with van der Waals surface area (Å²) in [6, 6.07) is 7.76. The first-order valence-corrected chi connectivity index (χ1v) is 11.1. The molecule has 1 aromatic carbocycles. The lowest BCUT2D eigenvalue weighted by molar-refractivity contribution is 0.0510. The van der Waals surface area contributed by atoms with Crippen LogP contribution in [0.2, 0.25) is 0 Å². The fourth-order valence-corrected chi connectivity index (χ4v) is 6.89. The molecule has 144 valence electrons. The second-order valence-corrected chi connectivity index (χ2v) is 9.55. The number of ether oxygens (including phenoxy) is 1. The Morgan fingerprint density at radius 1 is 1.37 bits per heavy atom. The fourth-order valence-electron chi connectivity index (χ4n) is 4.53. The van der Waals surface area contributed by atoms with E-state index in [4.69, 9.17) is 4.74 Å². The van der Waals surface area contributed by atoms with Gasteiger partial charge in [-0.3, -0.25) is 0 Å². The minimum absolute atomic E-state index is 0.119. The van der Waals surface area contributed by atoms with Crippen LogP contribution in [0, 0.1) is 0 Å². The molecular weight excluding hydrogens is 380 g/mol. The average Bonchev–Trinajstić information content (AvgIpc) is 3.07. The summed E-state index contributed by atoms with van der Waals surface area (Å²) in [5.74, 6) is -0.396. The van der Waals surface area contributed by atoms with E-state index in [9.17, 15) is 9.35 Å². The van der Waals surface area contributed by atoms with E-state index in [2.05, 4.69) is 17.6 Å². The van der Waals surface area contributed by atoms with Gasteiger partial charge in [0.1, 0.15) is 10.4 Å². The van der Waals surface area contributed by atoms with Crippen molar-refractivity contribution in [3.8, 4) is 0 Å². The van der Waals surface area contributed by atoms with Crippen LogP contribution in [0.5, 0.6) is 0 Å². The molecule has 0 bridgehead atoms. The lowest BCUT2D eigenvalue weighted by atomic mass is 9.81. The van der Waals surface area contributed by atoms with Gasteiger partial charge in [-0.15, -0.1) is 12.6 Å². The van der Waals surface area contributed by atoms with Crippen LogP contribution in [0.3, 0.4) is 0 Å². The van der Waals surface area contributed by atoms with E-state index in [1.165, 1.54) is 12.6 Å². The highest BCUT2D eigenvalue weighted by atomic mass is 32.2. The highest BCUT2D eigenvalue weighted by Crippen LogP contribution is 2.51. The van der Waals surface area contributed by atoms with Crippen LogP contribution >= 0.6 is 12.6 Å². The van der Waals surface area contributed by atoms with Gasteiger partial charge in [-0.05, 0) is 49.8 Å². The first-order chi connectivity index (χ1) is 13.1. The third-order valence-corrected chi connectivity index (χ3v) is 8.24. The molecule has 1 fully saturated rings. The van der Waals surface area contributed by atoms with Gasteiger partial charge in [0.15, 0.2) is 10.1 Å². The normalized spacial score (nSPS) is 23.8. The van der Waals surface area contributed by atoms with Gasteiger partial charge in [-0.2, -0.15) is 0 Å². The molecule has 2 aliphatic rings. The summed E-state index contributed by atoms with van der Waals surface area (Å²) >= 11 is 3.48. The van der Waals surface area contributed by atoms with Crippen LogP contribution in [-0.2, 0) is 15.9 Å². The number of fused-ring (bicyclic) bond motifs is 1. The fraction of sp³-hybridized carbons (Fsp3) is 0.500. The minimum atomic E-state index is -1.04. The Bertz CT molecular complexity index is 846. The quantitative estimate of drug-likeness (QED) is 0.474. The zero-order valence-electron chi connectivity index (χ0n) is 15.4. The summed E-state index contributed by atoms with van der Waals surface area (Å²) in [5.41, 5.74) is 1.39. The van der Waals surface area contributed by atoms with Gasteiger partial charge < -0.3 is 13.9 Å². The standard InChI is InChI=1S/C20H24N2O3S2/c1-2-25-18(23)16-13-21-19(26)22(16)15-12-20(10-6-3-7-11-20)27(24)17-9-5-4-8-14(15)17/h4-5,8-9,13,15H,2-3,6-7,10-12H2,1H3,(H,21,26). The molecule has 7 heteroatoms. The number of nitrogens with zero attached hydrogens (tertiary/aromatic N) is 2. The molecule has 5 nitrogen and oxygen atoms in total. The zero-order valence-corrected chi connectivity index (χ0v) is 17.1. The number of aromatic nitrogens is 2. The van der Waals surface area contributed by atoms with Crippen LogP contribution in [0.25, 0.3) is 0 Å². The highest BCUT2D eigenvalue weighted by molar-refractivity contribution is 7.93. The predicted molar refractivity (Wildman–Crippen MR) is 107 cm³/mol. The van der Waals surface area contributed by atoms with E-state index >= 15 is 0 Å². The Morgan fingerprint density at radius 3 is 2.85 bits per heavy atom. The van der Waals surface area contributed by atoms with E-state index < -0.39 is 17.1 Å². The SMILES string of the molecule is CCOC(=O)c1cnc(S)n1C1CC2(CCCCC2)[S+]([O-])c2ccccc21. The van der Waals surface area contributed by atoms with Crippen LogP contribution in [-0.4, -0.2) is 31.4 Å². The molecule has 2 aromatic rings. The number of esters is 1. The molecule has 0 N–H and O–H groups in total. The average molecular weight is 405 g/mol. The van der Waals surface area contributed by atoms with Crippen molar-refractivity contribution in [1.82, 2.24) is 9.55 Å². The summed E-state index contributed by atoms with van der Waals surface area (Å²) in [7, 11) is 0. The largest absolute Gasteiger partial charge is 0.611 e. The topological polar surface area (TPSA) is 67.2 Å². The lowest BCUT2D eigenvalue weighted by Gasteiger charge is -2.45. The maximum Gasteiger partial charge on any atom is 0.356 e. The summed E-state index contributed by atoms with van der Waals surface area (Å²) in [6.45, 7) is 2.09. The lowest BCUT2D eigenvalue weighted by Crippen LogP contribution is -2.46. The summed E-state index contributed by atoms with van der Waals surface area (Å²) < 4.78 is 20.3. The Balaban J connectivity index is 1.84. The molecule has 2 heterocycles. The van der Waals surface area contributed by atoms with E-state index in [0.29, 0.717) is 17.5 Å². The number of carbonyl (C=O) groups excluding carboxylic acids is 1. The van der Waals surface area contributed by atoms with Crippen LogP contribution in [0.1, 0.15) is 67.5 Å². The van der Waals surface area contributed by atoms with E-state index in [0.717, 1.165) is 42.6 Å². The van der Waals surface area contributed by atoms with Gasteiger partial charge in [0.2, 0.25) is 0 Å². The highest BCUT2D eigenvalue weighted by Gasteiger charge is 2.52. The van der Waals surface area contributed by atoms with Crippen molar-refractivity contribution in [1.29, 1.82) is 0 Å². The Labute approximate surface area is 168 Å². The monoisotopic (exact) mass is 404 g/mol. The van der Waals surface area contributed by atoms with E-state index in [-0.39, 0.29) is 10.8 Å². The summed E-state index contributed by atoms with van der Waals surface area (Å²) in [4.78, 5) is 17.6. The van der Waals surface area contributed by atoms with Crippen molar-refractivity contribution in [2.45, 2.75) is 66.3 Å². The maximum absolute atomic E-state index is 13.5. The van der Waals surface area contributed by atoms with Crippen molar-refractivity contribution in [2.75, 3.05) is 6.61 Å². The molecule has 4 rings (SSSR count). The van der Waals surface area contributed by atoms with Crippen molar-refractivity contribution in [3.05, 3.63) is 41.7 Å². The van der Waals surface area contributed by atoms with Crippen molar-refractivity contribution < 1.29 is 14.1 Å².